The van der Waals surface area contributed by atoms with Gasteiger partial charge in [0.2, 0.25) is 0 Å². The largest absolute Gasteiger partial charge is 0.314 e. The van der Waals surface area contributed by atoms with Crippen LogP contribution >= 0.6 is 11.3 Å². The molecule has 0 unspecified atom stereocenters. The van der Waals surface area contributed by atoms with Crippen molar-refractivity contribution in [1.82, 2.24) is 4.98 Å². The molecule has 21 heavy (non-hydrogen) atoms. The van der Waals surface area contributed by atoms with E-state index in [1.54, 1.807) is 18.5 Å². The van der Waals surface area contributed by atoms with Gasteiger partial charge < -0.3 is 5.32 Å². The highest BCUT2D eigenvalue weighted by Gasteiger charge is 2.09. The first-order valence-corrected chi connectivity index (χ1v) is 7.16. The highest BCUT2D eigenvalue weighted by atomic mass is 32.1. The number of carbonyl (C=O) groups excluding carboxylic acids is 1. The molecular formula is C16H11FN2OS. The Morgan fingerprint density at radius 2 is 1.90 bits per heavy atom. The molecule has 0 aliphatic rings. The number of hydrogen-bond acceptors (Lipinski definition) is 3. The first-order chi connectivity index (χ1) is 10.2. The van der Waals surface area contributed by atoms with Gasteiger partial charge >= 0.3 is 0 Å². The van der Waals surface area contributed by atoms with Crippen LogP contribution in [0.4, 0.5) is 9.39 Å². The smallest absolute Gasteiger partial charge is 0.256 e. The summed E-state index contributed by atoms with van der Waals surface area (Å²) < 4.78 is 13.1. The molecular weight excluding hydrogens is 287 g/mol. The number of nitrogens with zero attached hydrogens (tertiary/aromatic N) is 1. The van der Waals surface area contributed by atoms with E-state index in [4.69, 9.17) is 0 Å². The molecule has 1 N–H and O–H groups in total. The number of anilines is 1. The Balaban J connectivity index is 1.77. The normalized spacial score (nSPS) is 10.3. The van der Waals surface area contributed by atoms with Crippen molar-refractivity contribution in [2.45, 2.75) is 0 Å². The molecule has 0 saturated carbocycles. The maximum atomic E-state index is 13.1. The maximum Gasteiger partial charge on any atom is 0.256 e. The Morgan fingerprint density at radius 1 is 1.10 bits per heavy atom. The second-order valence-electron chi connectivity index (χ2n) is 4.40. The molecule has 0 saturated heterocycles. The molecule has 0 atom stereocenters. The average molecular weight is 298 g/mol. The summed E-state index contributed by atoms with van der Waals surface area (Å²) in [4.78, 5) is 16.0. The van der Waals surface area contributed by atoms with Gasteiger partial charge in [-0.2, -0.15) is 0 Å². The average Bonchev–Trinajstić information content (AvgIpc) is 2.97. The van der Waals surface area contributed by atoms with Gasteiger partial charge in [-0.15, -0.1) is 11.3 Å². The number of hydrogen-bond donors (Lipinski definition) is 1. The molecule has 0 spiro atoms. The highest BCUT2D eigenvalue weighted by Crippen LogP contribution is 2.28. The van der Waals surface area contributed by atoms with Crippen LogP contribution in [0, 0.1) is 5.82 Å². The molecule has 0 aliphatic heterocycles. The first kappa shape index (κ1) is 13.5. The topological polar surface area (TPSA) is 42.0 Å². The van der Waals surface area contributed by atoms with Crippen LogP contribution in [0.15, 0.2) is 60.2 Å². The fraction of sp³-hybridized carbons (Fsp3) is 0. The summed E-state index contributed by atoms with van der Waals surface area (Å²) >= 11 is 1.43. The number of aromatic nitrogens is 1. The molecule has 1 amide bonds. The van der Waals surface area contributed by atoms with Crippen molar-refractivity contribution in [3.63, 3.8) is 0 Å². The van der Waals surface area contributed by atoms with E-state index in [0.29, 0.717) is 5.56 Å². The van der Waals surface area contributed by atoms with Crippen LogP contribution in [0.25, 0.3) is 11.1 Å². The van der Waals surface area contributed by atoms with E-state index in [1.165, 1.54) is 29.5 Å². The monoisotopic (exact) mass is 298 g/mol. The van der Waals surface area contributed by atoms with E-state index < -0.39 is 5.82 Å². The zero-order chi connectivity index (χ0) is 14.7. The van der Waals surface area contributed by atoms with Crippen LogP contribution in [0.2, 0.25) is 0 Å². The second kappa shape index (κ2) is 5.85. The Morgan fingerprint density at radius 3 is 2.67 bits per heavy atom. The molecule has 0 radical (unpaired) electrons. The molecule has 0 fully saturated rings. The summed E-state index contributed by atoms with van der Waals surface area (Å²) in [6.45, 7) is 0. The lowest BCUT2D eigenvalue weighted by Crippen LogP contribution is -2.10. The van der Waals surface area contributed by atoms with E-state index in [-0.39, 0.29) is 5.91 Å². The minimum atomic E-state index is -0.425. The Labute approximate surface area is 125 Å². The van der Waals surface area contributed by atoms with Crippen molar-refractivity contribution in [2.24, 2.45) is 0 Å². The van der Waals surface area contributed by atoms with Gasteiger partial charge in [-0.05, 0) is 47.5 Å². The molecule has 1 aromatic carbocycles. The Bertz CT molecular complexity index is 771. The van der Waals surface area contributed by atoms with Gasteiger partial charge in [0.15, 0.2) is 0 Å². The van der Waals surface area contributed by atoms with Crippen LogP contribution in [-0.2, 0) is 0 Å². The van der Waals surface area contributed by atoms with Crippen LogP contribution < -0.4 is 5.32 Å². The van der Waals surface area contributed by atoms with Crippen LogP contribution in [0.1, 0.15) is 10.4 Å². The van der Waals surface area contributed by atoms with E-state index in [9.17, 15) is 9.18 Å². The summed E-state index contributed by atoms with van der Waals surface area (Å²) in [7, 11) is 0. The van der Waals surface area contributed by atoms with Crippen molar-refractivity contribution in [3.8, 4) is 11.1 Å². The molecule has 2 aromatic heterocycles. The maximum absolute atomic E-state index is 13.1. The summed E-state index contributed by atoms with van der Waals surface area (Å²) in [5.74, 6) is -0.746. The lowest BCUT2D eigenvalue weighted by atomic mass is 10.1. The van der Waals surface area contributed by atoms with Crippen LogP contribution in [-0.4, -0.2) is 10.9 Å². The van der Waals surface area contributed by atoms with Gasteiger partial charge in [-0.1, -0.05) is 6.07 Å². The van der Waals surface area contributed by atoms with Crippen LogP contribution in [0.3, 0.4) is 0 Å². The third-order valence-corrected chi connectivity index (χ3v) is 3.78. The summed E-state index contributed by atoms with van der Waals surface area (Å²) in [5, 5.41) is 5.45. The van der Waals surface area contributed by atoms with Crippen LogP contribution in [0.5, 0.6) is 0 Å². The zero-order valence-corrected chi connectivity index (χ0v) is 11.7. The third-order valence-electron chi connectivity index (χ3n) is 2.94. The zero-order valence-electron chi connectivity index (χ0n) is 10.9. The minimum absolute atomic E-state index is 0.300. The van der Waals surface area contributed by atoms with Gasteiger partial charge in [0.05, 0.1) is 5.00 Å². The van der Waals surface area contributed by atoms with E-state index in [2.05, 4.69) is 10.3 Å². The van der Waals surface area contributed by atoms with Crippen molar-refractivity contribution in [3.05, 3.63) is 71.6 Å². The van der Waals surface area contributed by atoms with Crippen molar-refractivity contribution in [1.29, 1.82) is 0 Å². The molecule has 5 heteroatoms. The number of amides is 1. The Hall–Kier alpha value is -2.53. The molecule has 3 rings (SSSR count). The summed E-state index contributed by atoms with van der Waals surface area (Å²) in [6, 6.07) is 11.3. The number of benzene rings is 1. The van der Waals surface area contributed by atoms with Gasteiger partial charge in [0, 0.05) is 23.3 Å². The number of pyridine rings is 1. The van der Waals surface area contributed by atoms with Crippen molar-refractivity contribution in [2.75, 3.05) is 5.32 Å². The van der Waals surface area contributed by atoms with Crippen molar-refractivity contribution < 1.29 is 9.18 Å². The van der Waals surface area contributed by atoms with E-state index >= 15 is 0 Å². The van der Waals surface area contributed by atoms with Gasteiger partial charge in [-0.25, -0.2) is 4.39 Å². The minimum Gasteiger partial charge on any atom is -0.314 e. The molecule has 2 heterocycles. The predicted molar refractivity (Wildman–Crippen MR) is 81.9 cm³/mol. The fourth-order valence-electron chi connectivity index (χ4n) is 1.91. The van der Waals surface area contributed by atoms with E-state index in [1.807, 2.05) is 23.6 Å². The number of carbonyl (C=O) groups is 1. The lowest BCUT2D eigenvalue weighted by Gasteiger charge is -2.02. The molecule has 0 bridgehead atoms. The first-order valence-electron chi connectivity index (χ1n) is 6.28. The van der Waals surface area contributed by atoms with Gasteiger partial charge in [0.1, 0.15) is 5.82 Å². The molecule has 3 nitrogen and oxygen atoms in total. The van der Waals surface area contributed by atoms with Gasteiger partial charge in [0.25, 0.3) is 5.91 Å². The SMILES string of the molecule is O=C(Nc1cc(-c2ccncc2)cs1)c1cccc(F)c1. The standard InChI is InChI=1S/C16H11FN2OS/c17-14-3-1-2-12(8-14)16(20)19-15-9-13(10-21-15)11-4-6-18-7-5-11/h1-10H,(H,19,20). The molecule has 0 aliphatic carbocycles. The lowest BCUT2D eigenvalue weighted by molar-refractivity contribution is 0.102. The number of rotatable bonds is 3. The quantitative estimate of drug-likeness (QED) is 0.787. The van der Waals surface area contributed by atoms with Gasteiger partial charge in [-0.3, -0.25) is 9.78 Å². The second-order valence-corrected chi connectivity index (χ2v) is 5.31. The van der Waals surface area contributed by atoms with Crippen molar-refractivity contribution >= 4 is 22.2 Å². The van der Waals surface area contributed by atoms with E-state index in [0.717, 1.165) is 16.1 Å². The summed E-state index contributed by atoms with van der Waals surface area (Å²) in [6.07, 6.45) is 3.44. The predicted octanol–water partition coefficient (Wildman–Crippen LogP) is 4.20. The fourth-order valence-corrected chi connectivity index (χ4v) is 2.72. The highest BCUT2D eigenvalue weighted by molar-refractivity contribution is 7.14. The molecule has 3 aromatic rings. The number of halogens is 1. The molecule has 104 valence electrons. The Kier molecular flexibility index (Phi) is 3.75. The third kappa shape index (κ3) is 3.14. The number of thiophene rings is 1. The summed E-state index contributed by atoms with van der Waals surface area (Å²) in [5.41, 5.74) is 2.35. The number of nitrogens with one attached hydrogen (secondary N) is 1.